The Balaban J connectivity index is 2.00. The summed E-state index contributed by atoms with van der Waals surface area (Å²) in [5.74, 6) is -0.188. The molecule has 0 spiro atoms. The Morgan fingerprint density at radius 2 is 0.844 bits per heavy atom. The molecule has 1 amide bonds. The first-order valence-corrected chi connectivity index (χ1v) is 32.8. The summed E-state index contributed by atoms with van der Waals surface area (Å²) in [5, 5.41) is 54.3. The molecular weight excluding hydrogens is 967 g/mol. The average molecular weight is 1090 g/mol. The van der Waals surface area contributed by atoms with E-state index in [-0.39, 0.29) is 18.5 Å². The molecule has 7 atom stereocenters. The number of aliphatic hydroxyl groups is 5. The van der Waals surface area contributed by atoms with Crippen LogP contribution in [-0.4, -0.2) is 100 Å². The van der Waals surface area contributed by atoms with Crippen LogP contribution in [0, 0.1) is 0 Å². The highest BCUT2D eigenvalue weighted by Crippen LogP contribution is 2.23. The second kappa shape index (κ2) is 55.8. The van der Waals surface area contributed by atoms with Gasteiger partial charge in [-0.15, -0.1) is 0 Å². The maximum Gasteiger partial charge on any atom is 0.305 e. The Bertz CT molecular complexity index is 1370. The van der Waals surface area contributed by atoms with Gasteiger partial charge in [0.25, 0.3) is 0 Å². The standard InChI is InChI=1S/C66H123NO10/c1-3-5-7-9-11-13-15-33-36-40-44-48-52-59(69)58(57-76-66-65(74)64(73)63(72)60(56-68)77-66)67-61(70)53-49-45-41-37-34-30-28-26-24-22-20-18-16-17-19-21-23-25-27-29-31-35-39-43-47-51-55-75-62(71)54-50-46-42-38-32-14-12-10-8-6-4-2/h9,11,33,36,48,52,58-60,63-66,68-69,72-74H,3-8,10,12-32,34-35,37-47,49-51,53-57H2,1-2H3,(H,67,70)/b11-9+,36-33+,52-48+. The van der Waals surface area contributed by atoms with E-state index in [1.165, 1.54) is 212 Å². The number of esters is 1. The number of hydrogen-bond donors (Lipinski definition) is 6. The number of ether oxygens (including phenoxy) is 3. The molecule has 1 heterocycles. The van der Waals surface area contributed by atoms with Gasteiger partial charge in [-0.2, -0.15) is 0 Å². The molecule has 77 heavy (non-hydrogen) atoms. The highest BCUT2D eigenvalue weighted by molar-refractivity contribution is 5.76. The predicted molar refractivity (Wildman–Crippen MR) is 320 cm³/mol. The molecule has 452 valence electrons. The lowest BCUT2D eigenvalue weighted by Crippen LogP contribution is -2.60. The Morgan fingerprint density at radius 3 is 1.27 bits per heavy atom. The van der Waals surface area contributed by atoms with Gasteiger partial charge in [0, 0.05) is 12.8 Å². The van der Waals surface area contributed by atoms with Crippen LogP contribution >= 0.6 is 0 Å². The normalized spacial score (nSPS) is 18.8. The van der Waals surface area contributed by atoms with Crippen LogP contribution in [0.4, 0.5) is 0 Å². The van der Waals surface area contributed by atoms with E-state index in [0.29, 0.717) is 19.4 Å². The molecule has 11 heteroatoms. The lowest BCUT2D eigenvalue weighted by molar-refractivity contribution is -0.302. The van der Waals surface area contributed by atoms with Crippen LogP contribution in [0.2, 0.25) is 0 Å². The molecule has 1 aliphatic heterocycles. The van der Waals surface area contributed by atoms with Gasteiger partial charge in [0.2, 0.25) is 5.91 Å². The molecular formula is C66H123NO10. The summed E-state index contributed by atoms with van der Waals surface area (Å²) in [6.45, 7) is 4.29. The van der Waals surface area contributed by atoms with Crippen LogP contribution in [0.15, 0.2) is 36.5 Å². The number of aliphatic hydroxyl groups excluding tert-OH is 5. The molecule has 0 aromatic rings. The van der Waals surface area contributed by atoms with Crippen LogP contribution in [-0.2, 0) is 23.8 Å². The van der Waals surface area contributed by atoms with E-state index in [1.807, 2.05) is 6.08 Å². The number of rotatable bonds is 57. The van der Waals surface area contributed by atoms with Crippen molar-refractivity contribution in [3.05, 3.63) is 36.5 Å². The van der Waals surface area contributed by atoms with Gasteiger partial charge in [0.1, 0.15) is 24.4 Å². The second-order valence-corrected chi connectivity index (χ2v) is 22.8. The summed E-state index contributed by atoms with van der Waals surface area (Å²) >= 11 is 0. The molecule has 1 saturated heterocycles. The number of amides is 1. The third-order valence-electron chi connectivity index (χ3n) is 15.5. The molecule has 1 rings (SSSR count). The van der Waals surface area contributed by atoms with Crippen molar-refractivity contribution in [3.8, 4) is 0 Å². The van der Waals surface area contributed by atoms with Gasteiger partial charge in [-0.05, 0) is 51.4 Å². The number of carbonyl (C=O) groups excluding carboxylic acids is 2. The van der Waals surface area contributed by atoms with Gasteiger partial charge < -0.3 is 45.1 Å². The second-order valence-electron chi connectivity index (χ2n) is 22.8. The number of carbonyl (C=O) groups is 2. The summed E-state index contributed by atoms with van der Waals surface area (Å²) in [6.07, 6.45) is 59.8. The van der Waals surface area contributed by atoms with Crippen molar-refractivity contribution in [3.63, 3.8) is 0 Å². The fraction of sp³-hybridized carbons (Fsp3) is 0.879. The molecule has 0 radical (unpaired) electrons. The van der Waals surface area contributed by atoms with Crippen molar-refractivity contribution in [2.75, 3.05) is 19.8 Å². The highest BCUT2D eigenvalue weighted by Gasteiger charge is 2.44. The van der Waals surface area contributed by atoms with Gasteiger partial charge in [0.15, 0.2) is 6.29 Å². The van der Waals surface area contributed by atoms with Crippen molar-refractivity contribution in [2.24, 2.45) is 0 Å². The maximum absolute atomic E-state index is 13.0. The van der Waals surface area contributed by atoms with Crippen molar-refractivity contribution in [1.29, 1.82) is 0 Å². The first-order chi connectivity index (χ1) is 37.7. The maximum atomic E-state index is 13.0. The zero-order chi connectivity index (χ0) is 55.9. The Kier molecular flexibility index (Phi) is 52.8. The monoisotopic (exact) mass is 1090 g/mol. The topological polar surface area (TPSA) is 175 Å². The zero-order valence-corrected chi connectivity index (χ0v) is 49.9. The lowest BCUT2D eigenvalue weighted by atomic mass is 9.99. The van der Waals surface area contributed by atoms with Crippen LogP contribution < -0.4 is 5.32 Å². The minimum Gasteiger partial charge on any atom is -0.466 e. The van der Waals surface area contributed by atoms with Crippen molar-refractivity contribution >= 4 is 11.9 Å². The fourth-order valence-corrected chi connectivity index (χ4v) is 10.3. The van der Waals surface area contributed by atoms with Crippen LogP contribution in [0.1, 0.15) is 309 Å². The van der Waals surface area contributed by atoms with Crippen LogP contribution in [0.25, 0.3) is 0 Å². The quantitative estimate of drug-likeness (QED) is 0.0195. The molecule has 1 aliphatic rings. The summed E-state index contributed by atoms with van der Waals surface area (Å²) in [4.78, 5) is 25.1. The molecule has 6 N–H and O–H groups in total. The van der Waals surface area contributed by atoms with E-state index in [4.69, 9.17) is 14.2 Å². The minimum absolute atomic E-state index is 0.00639. The third kappa shape index (κ3) is 45.2. The molecule has 7 unspecified atom stereocenters. The first-order valence-electron chi connectivity index (χ1n) is 32.8. The van der Waals surface area contributed by atoms with E-state index in [0.717, 1.165) is 70.6 Å². The minimum atomic E-state index is -1.58. The molecule has 0 saturated carbocycles. The fourth-order valence-electron chi connectivity index (χ4n) is 10.3. The average Bonchev–Trinajstić information content (AvgIpc) is 3.43. The molecule has 0 aromatic carbocycles. The van der Waals surface area contributed by atoms with Gasteiger partial charge >= 0.3 is 5.97 Å². The first kappa shape index (κ1) is 72.9. The summed E-state index contributed by atoms with van der Waals surface area (Å²) < 4.78 is 16.7. The van der Waals surface area contributed by atoms with E-state index in [1.54, 1.807) is 6.08 Å². The third-order valence-corrected chi connectivity index (χ3v) is 15.5. The van der Waals surface area contributed by atoms with Gasteiger partial charge in [-0.3, -0.25) is 9.59 Å². The summed E-state index contributed by atoms with van der Waals surface area (Å²) in [7, 11) is 0. The van der Waals surface area contributed by atoms with Crippen molar-refractivity contribution < 1.29 is 49.3 Å². The highest BCUT2D eigenvalue weighted by atomic mass is 16.7. The number of hydrogen-bond acceptors (Lipinski definition) is 10. The number of allylic oxidation sites excluding steroid dienone is 5. The van der Waals surface area contributed by atoms with Gasteiger partial charge in [0.05, 0.1) is 32.0 Å². The molecule has 1 fully saturated rings. The lowest BCUT2D eigenvalue weighted by Gasteiger charge is -2.40. The van der Waals surface area contributed by atoms with E-state index in [9.17, 15) is 35.1 Å². The van der Waals surface area contributed by atoms with Crippen LogP contribution in [0.3, 0.4) is 0 Å². The molecule has 0 aliphatic carbocycles. The smallest absolute Gasteiger partial charge is 0.305 e. The van der Waals surface area contributed by atoms with Gasteiger partial charge in [-0.1, -0.05) is 281 Å². The molecule has 0 bridgehead atoms. The Morgan fingerprint density at radius 1 is 0.468 bits per heavy atom. The van der Waals surface area contributed by atoms with E-state index < -0.39 is 49.5 Å². The number of nitrogens with one attached hydrogen (secondary N) is 1. The molecule has 11 nitrogen and oxygen atoms in total. The van der Waals surface area contributed by atoms with Crippen molar-refractivity contribution in [2.45, 2.75) is 352 Å². The largest absolute Gasteiger partial charge is 0.466 e. The zero-order valence-electron chi connectivity index (χ0n) is 49.9. The van der Waals surface area contributed by atoms with E-state index >= 15 is 0 Å². The number of unbranched alkanes of at least 4 members (excludes halogenated alkanes) is 39. The summed E-state index contributed by atoms with van der Waals surface area (Å²) in [6, 6.07) is -0.832. The van der Waals surface area contributed by atoms with Crippen molar-refractivity contribution in [1.82, 2.24) is 5.32 Å². The summed E-state index contributed by atoms with van der Waals surface area (Å²) in [5.41, 5.74) is 0. The Labute approximate surface area is 473 Å². The van der Waals surface area contributed by atoms with Gasteiger partial charge in [-0.25, -0.2) is 0 Å². The molecule has 0 aromatic heterocycles. The Hall–Kier alpha value is -2.12. The van der Waals surface area contributed by atoms with Crippen LogP contribution in [0.5, 0.6) is 0 Å². The SMILES string of the molecule is CCCC/C=C/CC/C=C/CC/C=C/C(O)C(COC1OC(CO)C(O)C(O)C1O)NC(=O)CCCCCCCCCCCCCCCCCCCCCCCCCCCCOC(=O)CCCCCCCCCCCCC. The van der Waals surface area contributed by atoms with E-state index in [2.05, 4.69) is 43.5 Å². The predicted octanol–water partition coefficient (Wildman–Crippen LogP) is 15.8.